The van der Waals surface area contributed by atoms with E-state index in [9.17, 15) is 14.4 Å². The van der Waals surface area contributed by atoms with Gasteiger partial charge in [-0.3, -0.25) is 34.5 Å². The number of ether oxygens (including phenoxy) is 2. The van der Waals surface area contributed by atoms with Gasteiger partial charge < -0.3 is 18.6 Å². The molecule has 2 saturated heterocycles. The molecule has 0 saturated carbocycles. The standard InChI is InChI=1S/C42H48N6O5/c1-45-25-36(34-21-43-22-35(34)42(45)51)31-19-38(52-2)37(39(20-31)53-3)26-47-16-17-48-32(9-10-33(48)24-47)23-46-14-12-29(13-15-46)28-6-4-27(5-7-28)18-30-8-11-40(49)44-41(30)50/h4-7,9-10,19-21,25,29-30H,8,11-18,22-24,26H2,1-3H3,(H,44,49,50). The van der Waals surface area contributed by atoms with E-state index in [1.807, 2.05) is 6.20 Å². The van der Waals surface area contributed by atoms with E-state index in [-0.39, 0.29) is 23.3 Å². The summed E-state index contributed by atoms with van der Waals surface area (Å²) in [6, 6.07) is 17.5. The van der Waals surface area contributed by atoms with Gasteiger partial charge in [0.2, 0.25) is 11.8 Å². The van der Waals surface area contributed by atoms with Gasteiger partial charge in [0, 0.05) is 92.6 Å². The maximum atomic E-state index is 12.7. The molecule has 0 spiro atoms. The van der Waals surface area contributed by atoms with Gasteiger partial charge in [0.1, 0.15) is 11.5 Å². The van der Waals surface area contributed by atoms with Crippen molar-refractivity contribution in [1.82, 2.24) is 24.3 Å². The fraction of sp³-hybridized carbons (Fsp3) is 0.429. The van der Waals surface area contributed by atoms with Crippen molar-refractivity contribution in [3.63, 3.8) is 0 Å². The number of aliphatic imine (C=N–C) groups is 1. The van der Waals surface area contributed by atoms with E-state index in [2.05, 4.69) is 73.2 Å². The van der Waals surface area contributed by atoms with E-state index in [1.54, 1.807) is 32.0 Å². The molecule has 1 unspecified atom stereocenters. The van der Waals surface area contributed by atoms with Gasteiger partial charge in [-0.1, -0.05) is 24.3 Å². The van der Waals surface area contributed by atoms with Gasteiger partial charge in [-0.05, 0) is 85.6 Å². The fourth-order valence-electron chi connectivity index (χ4n) is 8.69. The largest absolute Gasteiger partial charge is 0.496 e. The van der Waals surface area contributed by atoms with Gasteiger partial charge >= 0.3 is 0 Å². The highest BCUT2D eigenvalue weighted by Crippen LogP contribution is 2.38. The Labute approximate surface area is 310 Å². The smallest absolute Gasteiger partial charge is 0.256 e. The molecule has 276 valence electrons. The Kier molecular flexibility index (Phi) is 9.78. The molecule has 2 amide bonds. The first kappa shape index (κ1) is 35.1. The Morgan fingerprint density at radius 3 is 2.34 bits per heavy atom. The Bertz CT molecular complexity index is 2100. The molecule has 1 N–H and O–H groups in total. The number of piperidine rings is 2. The Hall–Kier alpha value is -5.00. The average Bonchev–Trinajstić information content (AvgIpc) is 3.83. The lowest BCUT2D eigenvalue weighted by molar-refractivity contribution is -0.136. The molecule has 8 rings (SSSR count). The normalized spacial score (nSPS) is 19.3. The molecular weight excluding hydrogens is 668 g/mol. The van der Waals surface area contributed by atoms with Crippen molar-refractivity contribution in [1.29, 1.82) is 0 Å². The third-order valence-electron chi connectivity index (χ3n) is 11.7. The summed E-state index contributed by atoms with van der Waals surface area (Å²) in [6.07, 6.45) is 7.69. The first-order chi connectivity index (χ1) is 25.8. The Morgan fingerprint density at radius 1 is 0.868 bits per heavy atom. The van der Waals surface area contributed by atoms with Crippen LogP contribution in [0.3, 0.4) is 0 Å². The van der Waals surface area contributed by atoms with E-state index in [0.29, 0.717) is 38.3 Å². The van der Waals surface area contributed by atoms with Gasteiger partial charge in [0.15, 0.2) is 0 Å². The van der Waals surface area contributed by atoms with Gasteiger partial charge in [-0.15, -0.1) is 0 Å². The topological polar surface area (TPSA) is 110 Å². The number of likely N-dealkylation sites (tertiary alicyclic amines) is 1. The summed E-state index contributed by atoms with van der Waals surface area (Å²) < 4.78 is 16.0. The number of nitrogens with one attached hydrogen (secondary N) is 1. The minimum Gasteiger partial charge on any atom is -0.496 e. The second-order valence-corrected chi connectivity index (χ2v) is 15.0. The molecular formula is C42H48N6O5. The molecule has 1 atom stereocenters. The quantitative estimate of drug-likeness (QED) is 0.235. The number of fused-ring (bicyclic) bond motifs is 2. The average molecular weight is 717 g/mol. The zero-order chi connectivity index (χ0) is 36.6. The molecule has 53 heavy (non-hydrogen) atoms. The second kappa shape index (κ2) is 14.8. The highest BCUT2D eigenvalue weighted by atomic mass is 16.5. The second-order valence-electron chi connectivity index (χ2n) is 15.0. The van der Waals surface area contributed by atoms with E-state index >= 15 is 0 Å². The summed E-state index contributed by atoms with van der Waals surface area (Å²) >= 11 is 0. The molecule has 4 aromatic rings. The van der Waals surface area contributed by atoms with Crippen LogP contribution in [-0.4, -0.2) is 70.8 Å². The van der Waals surface area contributed by atoms with E-state index in [4.69, 9.17) is 9.47 Å². The van der Waals surface area contributed by atoms with Crippen LogP contribution < -0.4 is 20.3 Å². The van der Waals surface area contributed by atoms with Gasteiger partial charge in [0.05, 0.1) is 26.3 Å². The van der Waals surface area contributed by atoms with Gasteiger partial charge in [-0.25, -0.2) is 0 Å². The summed E-state index contributed by atoms with van der Waals surface area (Å²) in [5, 5.41) is 2.48. The van der Waals surface area contributed by atoms with E-state index in [1.165, 1.54) is 17.0 Å². The maximum Gasteiger partial charge on any atom is 0.256 e. The predicted molar refractivity (Wildman–Crippen MR) is 203 cm³/mol. The number of benzene rings is 2. The molecule has 4 aliphatic heterocycles. The van der Waals surface area contributed by atoms with Crippen LogP contribution in [0.5, 0.6) is 11.5 Å². The number of hydrogen-bond acceptors (Lipinski definition) is 8. The predicted octanol–water partition coefficient (Wildman–Crippen LogP) is 4.79. The van der Waals surface area contributed by atoms with Crippen molar-refractivity contribution in [2.75, 3.05) is 33.9 Å². The first-order valence-electron chi connectivity index (χ1n) is 18.8. The molecule has 0 radical (unpaired) electrons. The van der Waals surface area contributed by atoms with Crippen molar-refractivity contribution < 1.29 is 19.1 Å². The number of nitrogens with zero attached hydrogens (tertiary/aromatic N) is 5. The molecule has 0 bridgehead atoms. The number of amides is 2. The zero-order valence-corrected chi connectivity index (χ0v) is 30.9. The van der Waals surface area contributed by atoms with Gasteiger partial charge in [-0.2, -0.15) is 0 Å². The fourth-order valence-corrected chi connectivity index (χ4v) is 8.69. The zero-order valence-electron chi connectivity index (χ0n) is 30.9. The first-order valence-corrected chi connectivity index (χ1v) is 18.8. The lowest BCUT2D eigenvalue weighted by Crippen LogP contribution is -2.41. The van der Waals surface area contributed by atoms with Crippen LogP contribution in [0, 0.1) is 5.92 Å². The minimum absolute atomic E-state index is 0.0106. The minimum atomic E-state index is -0.159. The lowest BCUT2D eigenvalue weighted by Gasteiger charge is -2.34. The third kappa shape index (κ3) is 7.07. The molecule has 6 heterocycles. The summed E-state index contributed by atoms with van der Waals surface area (Å²) in [5.74, 6) is 1.67. The van der Waals surface area contributed by atoms with Crippen molar-refractivity contribution in [3.8, 4) is 22.6 Å². The van der Waals surface area contributed by atoms with Crippen LogP contribution in [0.25, 0.3) is 11.1 Å². The maximum absolute atomic E-state index is 12.7. The number of carbonyl (C=O) groups is 2. The van der Waals surface area contributed by atoms with Crippen molar-refractivity contribution in [2.45, 2.75) is 70.7 Å². The summed E-state index contributed by atoms with van der Waals surface area (Å²) in [4.78, 5) is 45.8. The van der Waals surface area contributed by atoms with Crippen LogP contribution in [0.1, 0.15) is 70.8 Å². The van der Waals surface area contributed by atoms with Crippen molar-refractivity contribution in [2.24, 2.45) is 18.0 Å². The van der Waals surface area contributed by atoms with E-state index in [0.717, 1.165) is 97.0 Å². The molecule has 2 aromatic carbocycles. The van der Waals surface area contributed by atoms with Crippen molar-refractivity contribution in [3.05, 3.63) is 104 Å². The number of imide groups is 1. The van der Waals surface area contributed by atoms with Crippen LogP contribution in [0.15, 0.2) is 64.5 Å². The number of hydrogen-bond donors (Lipinski definition) is 1. The summed E-state index contributed by atoms with van der Waals surface area (Å²) in [7, 11) is 5.19. The summed E-state index contributed by atoms with van der Waals surface area (Å²) in [6.45, 7) is 6.92. The highest BCUT2D eigenvalue weighted by molar-refractivity contribution is 5.98. The Balaban J connectivity index is 0.881. The number of carbonyl (C=O) groups excluding carboxylic acids is 2. The van der Waals surface area contributed by atoms with Crippen LogP contribution in [0.2, 0.25) is 0 Å². The number of aromatic nitrogens is 2. The molecule has 11 heteroatoms. The Morgan fingerprint density at radius 2 is 1.62 bits per heavy atom. The number of methoxy groups -OCH3 is 2. The molecule has 0 aliphatic carbocycles. The van der Waals surface area contributed by atoms with Crippen LogP contribution in [-0.2, 0) is 55.8 Å². The highest BCUT2D eigenvalue weighted by Gasteiger charge is 2.28. The monoisotopic (exact) mass is 716 g/mol. The SMILES string of the molecule is COc1cc(-c2cn(C)c(=O)c3c2C=NC3)cc(OC)c1CN1CCn2c(CN3CCC(c4ccc(CC5CCC(=O)NC5=O)cc4)CC3)ccc2C1. The van der Waals surface area contributed by atoms with Crippen LogP contribution in [0.4, 0.5) is 0 Å². The van der Waals surface area contributed by atoms with Crippen LogP contribution >= 0.6 is 0 Å². The molecule has 11 nitrogen and oxygen atoms in total. The summed E-state index contributed by atoms with van der Waals surface area (Å²) in [5.41, 5.74) is 9.72. The van der Waals surface area contributed by atoms with Crippen molar-refractivity contribution >= 4 is 18.0 Å². The third-order valence-corrected chi connectivity index (χ3v) is 11.7. The number of pyridine rings is 1. The number of rotatable bonds is 10. The molecule has 2 fully saturated rings. The number of aryl methyl sites for hydroxylation is 1. The van der Waals surface area contributed by atoms with E-state index < -0.39 is 0 Å². The molecule has 2 aromatic heterocycles. The molecule has 4 aliphatic rings. The van der Waals surface area contributed by atoms with Gasteiger partial charge in [0.25, 0.3) is 5.56 Å². The lowest BCUT2D eigenvalue weighted by atomic mass is 9.87.